The van der Waals surface area contributed by atoms with Crippen molar-refractivity contribution in [3.05, 3.63) is 12.2 Å². The van der Waals surface area contributed by atoms with Gasteiger partial charge in [0.25, 0.3) is 0 Å². The fourth-order valence-electron chi connectivity index (χ4n) is 1.47. The molecular formula is C9H14O2. The van der Waals surface area contributed by atoms with Crippen molar-refractivity contribution in [1.82, 2.24) is 0 Å². The van der Waals surface area contributed by atoms with Crippen LogP contribution in [-0.2, 0) is 9.53 Å². The predicted molar refractivity (Wildman–Crippen MR) is 43.0 cm³/mol. The van der Waals surface area contributed by atoms with Gasteiger partial charge in [-0.3, -0.25) is 4.79 Å². The molecular weight excluding hydrogens is 140 g/mol. The molecule has 0 saturated carbocycles. The molecule has 11 heavy (non-hydrogen) atoms. The standard InChI is InChI=1S/C9H14O2/c1-7-5-3-4-6-8(7)9(10)11-2/h3,5,7-8H,4,6H2,1-2H3/t7-,8-/m1/s1. The van der Waals surface area contributed by atoms with E-state index < -0.39 is 0 Å². The van der Waals surface area contributed by atoms with Crippen molar-refractivity contribution in [2.45, 2.75) is 19.8 Å². The molecule has 0 aromatic heterocycles. The SMILES string of the molecule is COC(=O)[C@@H]1CCC=C[C@H]1C. The van der Waals surface area contributed by atoms with Gasteiger partial charge in [-0.2, -0.15) is 0 Å². The third kappa shape index (κ3) is 1.82. The highest BCUT2D eigenvalue weighted by Crippen LogP contribution is 2.24. The average molecular weight is 154 g/mol. The lowest BCUT2D eigenvalue weighted by molar-refractivity contribution is -0.147. The van der Waals surface area contributed by atoms with Crippen LogP contribution in [0.25, 0.3) is 0 Å². The van der Waals surface area contributed by atoms with E-state index in [1.165, 1.54) is 7.11 Å². The Hall–Kier alpha value is -0.790. The molecule has 0 unspecified atom stereocenters. The van der Waals surface area contributed by atoms with Crippen LogP contribution in [0.2, 0.25) is 0 Å². The van der Waals surface area contributed by atoms with Crippen molar-refractivity contribution < 1.29 is 9.53 Å². The first-order valence-electron chi connectivity index (χ1n) is 4.00. The molecule has 0 spiro atoms. The summed E-state index contributed by atoms with van der Waals surface area (Å²) in [7, 11) is 1.45. The summed E-state index contributed by atoms with van der Waals surface area (Å²) in [5, 5.41) is 0. The van der Waals surface area contributed by atoms with E-state index in [1.807, 2.05) is 0 Å². The molecule has 0 aliphatic heterocycles. The van der Waals surface area contributed by atoms with Gasteiger partial charge in [-0.15, -0.1) is 0 Å². The summed E-state index contributed by atoms with van der Waals surface area (Å²) < 4.78 is 4.69. The van der Waals surface area contributed by atoms with E-state index in [9.17, 15) is 4.79 Å². The molecule has 62 valence electrons. The Kier molecular flexibility index (Phi) is 2.69. The van der Waals surface area contributed by atoms with Crippen molar-refractivity contribution in [1.29, 1.82) is 0 Å². The molecule has 0 radical (unpaired) electrons. The highest BCUT2D eigenvalue weighted by molar-refractivity contribution is 5.73. The van der Waals surface area contributed by atoms with E-state index in [2.05, 4.69) is 23.8 Å². The maximum absolute atomic E-state index is 11.1. The first kappa shape index (κ1) is 8.31. The molecule has 0 aromatic carbocycles. The van der Waals surface area contributed by atoms with Crippen LogP contribution in [0, 0.1) is 11.8 Å². The van der Waals surface area contributed by atoms with Gasteiger partial charge in [0, 0.05) is 0 Å². The minimum atomic E-state index is -0.0677. The molecule has 0 saturated heterocycles. The van der Waals surface area contributed by atoms with Gasteiger partial charge in [0.05, 0.1) is 13.0 Å². The van der Waals surface area contributed by atoms with Gasteiger partial charge in [-0.1, -0.05) is 19.1 Å². The van der Waals surface area contributed by atoms with Crippen molar-refractivity contribution >= 4 is 5.97 Å². The molecule has 1 aliphatic rings. The van der Waals surface area contributed by atoms with Gasteiger partial charge in [0.1, 0.15) is 0 Å². The minimum absolute atomic E-state index is 0.0677. The molecule has 2 heteroatoms. The first-order valence-corrected chi connectivity index (χ1v) is 4.00. The van der Waals surface area contributed by atoms with Crippen LogP contribution in [0.3, 0.4) is 0 Å². The monoisotopic (exact) mass is 154 g/mol. The maximum Gasteiger partial charge on any atom is 0.309 e. The topological polar surface area (TPSA) is 26.3 Å². The van der Waals surface area contributed by atoms with Gasteiger partial charge in [0.15, 0.2) is 0 Å². The van der Waals surface area contributed by atoms with Gasteiger partial charge >= 0.3 is 5.97 Å². The normalized spacial score (nSPS) is 30.0. The van der Waals surface area contributed by atoms with E-state index in [0.717, 1.165) is 12.8 Å². The molecule has 2 nitrogen and oxygen atoms in total. The predicted octanol–water partition coefficient (Wildman–Crippen LogP) is 1.76. The number of rotatable bonds is 1. The third-order valence-corrected chi connectivity index (χ3v) is 2.22. The second-order valence-electron chi connectivity index (χ2n) is 2.99. The molecule has 1 rings (SSSR count). The third-order valence-electron chi connectivity index (χ3n) is 2.22. The van der Waals surface area contributed by atoms with E-state index in [1.54, 1.807) is 0 Å². The molecule has 0 aromatic rings. The molecule has 0 heterocycles. The van der Waals surface area contributed by atoms with Gasteiger partial charge in [-0.05, 0) is 18.8 Å². The fraction of sp³-hybridized carbons (Fsp3) is 0.667. The maximum atomic E-state index is 11.1. The average Bonchev–Trinajstić information content (AvgIpc) is 2.04. The number of ether oxygens (including phenoxy) is 1. The number of hydrogen-bond donors (Lipinski definition) is 0. The van der Waals surface area contributed by atoms with E-state index >= 15 is 0 Å². The number of methoxy groups -OCH3 is 1. The molecule has 0 amide bonds. The Morgan fingerprint density at radius 1 is 1.64 bits per heavy atom. The molecule has 2 atom stereocenters. The zero-order chi connectivity index (χ0) is 8.27. The Balaban J connectivity index is 2.57. The highest BCUT2D eigenvalue weighted by Gasteiger charge is 2.25. The fourth-order valence-corrected chi connectivity index (χ4v) is 1.47. The van der Waals surface area contributed by atoms with E-state index in [-0.39, 0.29) is 11.9 Å². The van der Waals surface area contributed by atoms with Gasteiger partial charge in [-0.25, -0.2) is 0 Å². The smallest absolute Gasteiger partial charge is 0.309 e. The highest BCUT2D eigenvalue weighted by atomic mass is 16.5. The molecule has 1 aliphatic carbocycles. The Bertz CT molecular complexity index is 172. The van der Waals surface area contributed by atoms with Crippen molar-refractivity contribution in [3.63, 3.8) is 0 Å². The number of esters is 1. The second kappa shape index (κ2) is 3.56. The van der Waals surface area contributed by atoms with Gasteiger partial charge in [0.2, 0.25) is 0 Å². The van der Waals surface area contributed by atoms with Crippen molar-refractivity contribution in [3.8, 4) is 0 Å². The summed E-state index contributed by atoms with van der Waals surface area (Å²) in [5.74, 6) is 0.364. The van der Waals surface area contributed by atoms with Crippen molar-refractivity contribution in [2.24, 2.45) is 11.8 Å². The first-order chi connectivity index (χ1) is 5.25. The lowest BCUT2D eigenvalue weighted by Crippen LogP contribution is -2.23. The molecule has 0 fully saturated rings. The van der Waals surface area contributed by atoms with Crippen LogP contribution in [0.4, 0.5) is 0 Å². The van der Waals surface area contributed by atoms with E-state index in [4.69, 9.17) is 0 Å². The largest absolute Gasteiger partial charge is 0.469 e. The van der Waals surface area contributed by atoms with Gasteiger partial charge < -0.3 is 4.74 Å². The summed E-state index contributed by atoms with van der Waals surface area (Å²) in [6.45, 7) is 2.05. The zero-order valence-electron chi connectivity index (χ0n) is 7.04. The van der Waals surface area contributed by atoms with Crippen molar-refractivity contribution in [2.75, 3.05) is 7.11 Å². The zero-order valence-corrected chi connectivity index (χ0v) is 7.04. The summed E-state index contributed by atoms with van der Waals surface area (Å²) >= 11 is 0. The van der Waals surface area contributed by atoms with Crippen LogP contribution in [0.5, 0.6) is 0 Å². The van der Waals surface area contributed by atoms with Crippen LogP contribution < -0.4 is 0 Å². The van der Waals surface area contributed by atoms with Crippen LogP contribution in [0.1, 0.15) is 19.8 Å². The van der Waals surface area contributed by atoms with E-state index in [0.29, 0.717) is 5.92 Å². The van der Waals surface area contributed by atoms with Crippen LogP contribution in [0.15, 0.2) is 12.2 Å². The number of carbonyl (C=O) groups excluding carboxylic acids is 1. The van der Waals surface area contributed by atoms with Crippen LogP contribution in [-0.4, -0.2) is 13.1 Å². The second-order valence-corrected chi connectivity index (χ2v) is 2.99. The van der Waals surface area contributed by atoms with Crippen LogP contribution >= 0.6 is 0 Å². The lowest BCUT2D eigenvalue weighted by atomic mass is 9.85. The summed E-state index contributed by atoms with van der Waals surface area (Å²) in [5.41, 5.74) is 0. The number of allylic oxidation sites excluding steroid dienone is 2. The summed E-state index contributed by atoms with van der Waals surface area (Å²) in [6, 6.07) is 0. The molecule has 0 N–H and O–H groups in total. The quantitative estimate of drug-likeness (QED) is 0.425. The lowest BCUT2D eigenvalue weighted by Gasteiger charge is -2.21. The number of hydrogen-bond acceptors (Lipinski definition) is 2. The Morgan fingerprint density at radius 2 is 2.36 bits per heavy atom. The Labute approximate surface area is 67.2 Å². The Morgan fingerprint density at radius 3 is 2.91 bits per heavy atom. The number of carbonyl (C=O) groups is 1. The minimum Gasteiger partial charge on any atom is -0.469 e. The molecule has 0 bridgehead atoms. The summed E-state index contributed by atoms with van der Waals surface area (Å²) in [4.78, 5) is 11.1. The summed E-state index contributed by atoms with van der Waals surface area (Å²) in [6.07, 6.45) is 6.16.